The van der Waals surface area contributed by atoms with Gasteiger partial charge in [-0.25, -0.2) is 4.98 Å². The highest BCUT2D eigenvalue weighted by Gasteiger charge is 2.13. The average molecular weight is 303 g/mol. The van der Waals surface area contributed by atoms with Crippen molar-refractivity contribution < 1.29 is 4.79 Å². The van der Waals surface area contributed by atoms with Crippen LogP contribution in [0, 0.1) is 13.8 Å². The number of carbonyl (C=O) groups excluding carboxylic acids is 1. The molecule has 21 heavy (non-hydrogen) atoms. The van der Waals surface area contributed by atoms with Crippen LogP contribution in [-0.4, -0.2) is 17.4 Å². The Morgan fingerprint density at radius 1 is 1.38 bits per heavy atom. The summed E-state index contributed by atoms with van der Waals surface area (Å²) < 4.78 is 0. The van der Waals surface area contributed by atoms with E-state index in [0.717, 1.165) is 16.4 Å². The molecule has 1 aromatic carbocycles. The molecule has 0 fully saturated rings. The summed E-state index contributed by atoms with van der Waals surface area (Å²) in [5.74, 6) is -0.0468. The fourth-order valence-corrected chi connectivity index (χ4v) is 3.19. The molecule has 1 atom stereocenters. The van der Waals surface area contributed by atoms with Crippen LogP contribution in [0.25, 0.3) is 0 Å². The summed E-state index contributed by atoms with van der Waals surface area (Å²) in [6.07, 6.45) is 0. The lowest BCUT2D eigenvalue weighted by atomic mass is 10.1. The number of anilines is 1. The van der Waals surface area contributed by atoms with E-state index in [0.29, 0.717) is 12.1 Å². The zero-order chi connectivity index (χ0) is 15.4. The number of hydrogen-bond donors (Lipinski definition) is 2. The quantitative estimate of drug-likeness (QED) is 0.886. The Hall–Kier alpha value is -1.88. The van der Waals surface area contributed by atoms with Crippen molar-refractivity contribution in [1.82, 2.24) is 10.3 Å². The molecule has 112 valence electrons. The van der Waals surface area contributed by atoms with E-state index in [1.54, 1.807) is 11.3 Å². The van der Waals surface area contributed by atoms with Crippen molar-refractivity contribution >= 4 is 22.9 Å². The minimum absolute atomic E-state index is 0.0468. The predicted octanol–water partition coefficient (Wildman–Crippen LogP) is 3.68. The molecule has 1 aromatic heterocycles. The molecule has 2 rings (SSSR count). The fourth-order valence-electron chi connectivity index (χ4n) is 2.28. The zero-order valence-corrected chi connectivity index (χ0v) is 13.7. The lowest BCUT2D eigenvalue weighted by Gasteiger charge is -2.15. The lowest BCUT2D eigenvalue weighted by molar-refractivity contribution is 0.0956. The van der Waals surface area contributed by atoms with E-state index in [9.17, 15) is 4.79 Å². The Balaban J connectivity index is 2.14. The zero-order valence-electron chi connectivity index (χ0n) is 12.9. The van der Waals surface area contributed by atoms with Crippen LogP contribution in [0.3, 0.4) is 0 Å². The van der Waals surface area contributed by atoms with Crippen molar-refractivity contribution in [3.63, 3.8) is 0 Å². The Kier molecular flexibility index (Phi) is 4.96. The van der Waals surface area contributed by atoms with Gasteiger partial charge in [-0.1, -0.05) is 6.07 Å². The molecule has 0 radical (unpaired) electrons. The molecule has 5 heteroatoms. The second-order valence-corrected chi connectivity index (χ2v) is 6.39. The van der Waals surface area contributed by atoms with Crippen LogP contribution >= 0.6 is 11.3 Å². The number of aryl methyl sites for hydroxylation is 2. The Labute approximate surface area is 129 Å². The molecule has 1 amide bonds. The molecule has 1 heterocycles. The van der Waals surface area contributed by atoms with Gasteiger partial charge in [0, 0.05) is 22.7 Å². The van der Waals surface area contributed by atoms with E-state index < -0.39 is 0 Å². The van der Waals surface area contributed by atoms with Crippen molar-refractivity contribution in [2.75, 3.05) is 11.9 Å². The molecule has 0 saturated heterocycles. The topological polar surface area (TPSA) is 54.0 Å². The van der Waals surface area contributed by atoms with Gasteiger partial charge in [0.1, 0.15) is 0 Å². The van der Waals surface area contributed by atoms with Crippen LogP contribution in [0.2, 0.25) is 0 Å². The van der Waals surface area contributed by atoms with Gasteiger partial charge in [-0.2, -0.15) is 0 Å². The van der Waals surface area contributed by atoms with Crippen molar-refractivity contribution in [2.45, 2.75) is 33.7 Å². The van der Waals surface area contributed by atoms with Crippen LogP contribution in [0.5, 0.6) is 0 Å². The Morgan fingerprint density at radius 3 is 2.76 bits per heavy atom. The minimum Gasteiger partial charge on any atom is -0.377 e. The number of carbonyl (C=O) groups is 1. The SMILES string of the molecule is CCNC(=O)c1cccc(NC(C)c2nc(C)sc2C)c1. The van der Waals surface area contributed by atoms with Gasteiger partial charge in [0.25, 0.3) is 5.91 Å². The summed E-state index contributed by atoms with van der Waals surface area (Å²) in [6, 6.07) is 7.65. The van der Waals surface area contributed by atoms with Gasteiger partial charge in [0.2, 0.25) is 0 Å². The number of amides is 1. The molecule has 4 nitrogen and oxygen atoms in total. The molecular formula is C16H21N3OS. The summed E-state index contributed by atoms with van der Waals surface area (Å²) in [4.78, 5) is 17.7. The van der Waals surface area contributed by atoms with Gasteiger partial charge in [-0.15, -0.1) is 11.3 Å². The average Bonchev–Trinajstić information content (AvgIpc) is 2.78. The molecule has 0 saturated carbocycles. The van der Waals surface area contributed by atoms with Crippen molar-refractivity contribution in [3.05, 3.63) is 45.4 Å². The third-order valence-electron chi connectivity index (χ3n) is 3.19. The predicted molar refractivity (Wildman–Crippen MR) is 88.1 cm³/mol. The third kappa shape index (κ3) is 3.82. The number of nitrogens with zero attached hydrogens (tertiary/aromatic N) is 1. The van der Waals surface area contributed by atoms with E-state index >= 15 is 0 Å². The number of hydrogen-bond acceptors (Lipinski definition) is 4. The number of benzene rings is 1. The van der Waals surface area contributed by atoms with Gasteiger partial charge in [-0.05, 0) is 45.9 Å². The van der Waals surface area contributed by atoms with E-state index in [-0.39, 0.29) is 11.9 Å². The normalized spacial score (nSPS) is 12.0. The summed E-state index contributed by atoms with van der Waals surface area (Å²) in [6.45, 7) is 8.73. The van der Waals surface area contributed by atoms with Crippen molar-refractivity contribution in [1.29, 1.82) is 0 Å². The van der Waals surface area contributed by atoms with Crippen LogP contribution in [0.4, 0.5) is 5.69 Å². The molecule has 0 bridgehead atoms. The summed E-state index contributed by atoms with van der Waals surface area (Å²) in [5, 5.41) is 7.30. The van der Waals surface area contributed by atoms with Gasteiger partial charge >= 0.3 is 0 Å². The van der Waals surface area contributed by atoms with E-state index in [1.165, 1.54) is 4.88 Å². The van der Waals surface area contributed by atoms with Crippen molar-refractivity contribution in [3.8, 4) is 0 Å². The lowest BCUT2D eigenvalue weighted by Crippen LogP contribution is -2.22. The highest BCUT2D eigenvalue weighted by atomic mass is 32.1. The maximum absolute atomic E-state index is 11.9. The highest BCUT2D eigenvalue weighted by Crippen LogP contribution is 2.25. The number of nitrogens with one attached hydrogen (secondary N) is 2. The number of aromatic nitrogens is 1. The summed E-state index contributed by atoms with van der Waals surface area (Å²) in [5.41, 5.74) is 2.66. The van der Waals surface area contributed by atoms with E-state index in [1.807, 2.05) is 38.1 Å². The van der Waals surface area contributed by atoms with Crippen LogP contribution in [0.15, 0.2) is 24.3 Å². The molecule has 0 aliphatic heterocycles. The Morgan fingerprint density at radius 2 is 2.14 bits per heavy atom. The first-order chi connectivity index (χ1) is 10.0. The van der Waals surface area contributed by atoms with E-state index in [2.05, 4.69) is 29.5 Å². The first-order valence-corrected chi connectivity index (χ1v) is 7.91. The molecule has 1 unspecified atom stereocenters. The third-order valence-corrected chi connectivity index (χ3v) is 4.10. The number of rotatable bonds is 5. The first-order valence-electron chi connectivity index (χ1n) is 7.10. The maximum atomic E-state index is 11.9. The standard InChI is InChI=1S/C16H21N3OS/c1-5-17-16(20)13-7-6-8-14(9-13)18-10(2)15-11(3)21-12(4)19-15/h6-10,18H,5H2,1-4H3,(H,17,20). The fraction of sp³-hybridized carbons (Fsp3) is 0.375. The maximum Gasteiger partial charge on any atom is 0.251 e. The van der Waals surface area contributed by atoms with Crippen molar-refractivity contribution in [2.24, 2.45) is 0 Å². The molecule has 2 N–H and O–H groups in total. The second kappa shape index (κ2) is 6.72. The molecule has 0 aliphatic carbocycles. The number of thiazole rings is 1. The molecule has 0 aliphatic rings. The monoisotopic (exact) mass is 303 g/mol. The first kappa shape index (κ1) is 15.5. The highest BCUT2D eigenvalue weighted by molar-refractivity contribution is 7.11. The van der Waals surface area contributed by atoms with Gasteiger partial charge < -0.3 is 10.6 Å². The summed E-state index contributed by atoms with van der Waals surface area (Å²) >= 11 is 1.71. The second-order valence-electron chi connectivity index (χ2n) is 4.98. The summed E-state index contributed by atoms with van der Waals surface area (Å²) in [7, 11) is 0. The van der Waals surface area contributed by atoms with E-state index in [4.69, 9.17) is 0 Å². The van der Waals surface area contributed by atoms with Crippen LogP contribution in [-0.2, 0) is 0 Å². The van der Waals surface area contributed by atoms with Crippen LogP contribution < -0.4 is 10.6 Å². The van der Waals surface area contributed by atoms with Gasteiger partial charge in [0.05, 0.1) is 16.7 Å². The molecule has 0 spiro atoms. The Bertz CT molecular complexity index is 636. The molecular weight excluding hydrogens is 282 g/mol. The molecule has 2 aromatic rings. The minimum atomic E-state index is -0.0468. The largest absolute Gasteiger partial charge is 0.377 e. The van der Waals surface area contributed by atoms with Gasteiger partial charge in [0.15, 0.2) is 0 Å². The smallest absolute Gasteiger partial charge is 0.251 e. The van der Waals surface area contributed by atoms with Crippen LogP contribution in [0.1, 0.15) is 45.8 Å². The van der Waals surface area contributed by atoms with Gasteiger partial charge in [-0.3, -0.25) is 4.79 Å².